The van der Waals surface area contributed by atoms with Gasteiger partial charge in [-0.05, 0) is 54.8 Å². The maximum absolute atomic E-state index is 12.8. The maximum atomic E-state index is 12.8. The molecule has 23 heavy (non-hydrogen) atoms. The van der Waals surface area contributed by atoms with E-state index in [9.17, 15) is 9.18 Å². The summed E-state index contributed by atoms with van der Waals surface area (Å²) in [7, 11) is 0. The zero-order valence-electron chi connectivity index (χ0n) is 12.9. The van der Waals surface area contributed by atoms with E-state index in [0.29, 0.717) is 6.54 Å². The summed E-state index contributed by atoms with van der Waals surface area (Å²) in [5, 5.41) is 5.55. The first-order chi connectivity index (χ1) is 11.2. The number of carbonyl (C=O) groups is 1. The summed E-state index contributed by atoms with van der Waals surface area (Å²) in [6.45, 7) is 2.56. The van der Waals surface area contributed by atoms with Gasteiger partial charge in [-0.2, -0.15) is 0 Å². The fraction of sp³-hybridized carbons (Fsp3) is 0.278. The molecule has 0 aliphatic carbocycles. The fourth-order valence-electron chi connectivity index (χ4n) is 2.69. The van der Waals surface area contributed by atoms with Crippen LogP contribution in [0.1, 0.15) is 18.4 Å². The molecule has 0 saturated carbocycles. The van der Waals surface area contributed by atoms with Crippen LogP contribution in [0.15, 0.2) is 48.5 Å². The molecule has 3 rings (SSSR count). The predicted octanol–water partition coefficient (Wildman–Crippen LogP) is 3.75. The molecule has 1 fully saturated rings. The average Bonchev–Trinajstić information content (AvgIpc) is 3.09. The number of halogens is 1. The average molecular weight is 313 g/mol. The molecule has 1 aliphatic rings. The number of urea groups is 1. The summed E-state index contributed by atoms with van der Waals surface area (Å²) >= 11 is 0. The normalized spacial score (nSPS) is 13.9. The van der Waals surface area contributed by atoms with Gasteiger partial charge in [-0.25, -0.2) is 9.18 Å². The lowest BCUT2D eigenvalue weighted by Gasteiger charge is -2.17. The summed E-state index contributed by atoms with van der Waals surface area (Å²) in [6.07, 6.45) is 2.48. The highest BCUT2D eigenvalue weighted by Crippen LogP contribution is 2.21. The van der Waals surface area contributed by atoms with Crippen LogP contribution in [0.3, 0.4) is 0 Å². The van der Waals surface area contributed by atoms with E-state index in [4.69, 9.17) is 0 Å². The van der Waals surface area contributed by atoms with Gasteiger partial charge in [0, 0.05) is 31.0 Å². The molecule has 1 saturated heterocycles. The van der Waals surface area contributed by atoms with Gasteiger partial charge in [-0.15, -0.1) is 0 Å². The highest BCUT2D eigenvalue weighted by Gasteiger charge is 2.12. The third kappa shape index (κ3) is 4.22. The van der Waals surface area contributed by atoms with E-state index in [1.54, 1.807) is 12.1 Å². The summed E-state index contributed by atoms with van der Waals surface area (Å²) < 4.78 is 12.8. The van der Waals surface area contributed by atoms with Crippen LogP contribution in [-0.2, 0) is 6.54 Å². The van der Waals surface area contributed by atoms with Crippen molar-refractivity contribution in [1.29, 1.82) is 0 Å². The largest absolute Gasteiger partial charge is 0.372 e. The van der Waals surface area contributed by atoms with Gasteiger partial charge in [-0.1, -0.05) is 12.1 Å². The summed E-state index contributed by atoms with van der Waals surface area (Å²) in [5.41, 5.74) is 2.80. The molecule has 0 atom stereocenters. The molecule has 0 radical (unpaired) electrons. The van der Waals surface area contributed by atoms with E-state index in [1.807, 2.05) is 24.3 Å². The Balaban J connectivity index is 1.50. The number of nitrogens with one attached hydrogen (secondary N) is 2. The number of benzene rings is 2. The fourth-order valence-corrected chi connectivity index (χ4v) is 2.69. The Morgan fingerprint density at radius 1 is 1.00 bits per heavy atom. The number of carbonyl (C=O) groups excluding carboxylic acids is 1. The minimum atomic E-state index is -0.281. The minimum absolute atomic E-state index is 0.275. The van der Waals surface area contributed by atoms with E-state index in [0.717, 1.165) is 24.3 Å². The Kier molecular flexibility index (Phi) is 4.76. The molecule has 1 heterocycles. The summed E-state index contributed by atoms with van der Waals surface area (Å²) in [4.78, 5) is 14.2. The Hall–Kier alpha value is -2.56. The minimum Gasteiger partial charge on any atom is -0.372 e. The molecule has 2 aromatic rings. The van der Waals surface area contributed by atoms with E-state index >= 15 is 0 Å². The molecule has 2 amide bonds. The lowest BCUT2D eigenvalue weighted by molar-refractivity contribution is 0.251. The third-order valence-electron chi connectivity index (χ3n) is 3.96. The Bertz CT molecular complexity index is 649. The lowest BCUT2D eigenvalue weighted by atomic mass is 10.2. The first-order valence-corrected chi connectivity index (χ1v) is 7.85. The Morgan fingerprint density at radius 3 is 2.30 bits per heavy atom. The molecule has 120 valence electrons. The standard InChI is InChI=1S/C18H20FN3O/c19-15-5-3-14(4-6-15)13-20-18(23)21-16-7-9-17(10-8-16)22-11-1-2-12-22/h3-10H,1-2,11-13H2,(H2,20,21,23). The van der Waals surface area contributed by atoms with E-state index < -0.39 is 0 Å². The van der Waals surface area contributed by atoms with Crippen LogP contribution in [0.25, 0.3) is 0 Å². The van der Waals surface area contributed by atoms with Gasteiger partial charge in [-0.3, -0.25) is 0 Å². The van der Waals surface area contributed by atoms with Crippen molar-refractivity contribution in [1.82, 2.24) is 5.32 Å². The molecular formula is C18H20FN3O. The molecule has 0 unspecified atom stereocenters. The topological polar surface area (TPSA) is 44.4 Å². The Labute approximate surface area is 135 Å². The van der Waals surface area contributed by atoms with Crippen LogP contribution < -0.4 is 15.5 Å². The predicted molar refractivity (Wildman–Crippen MR) is 90.1 cm³/mol. The zero-order chi connectivity index (χ0) is 16.1. The lowest BCUT2D eigenvalue weighted by Crippen LogP contribution is -2.28. The second kappa shape index (κ2) is 7.13. The van der Waals surface area contributed by atoms with Gasteiger partial charge >= 0.3 is 6.03 Å². The van der Waals surface area contributed by atoms with Crippen molar-refractivity contribution in [3.63, 3.8) is 0 Å². The number of hydrogen-bond acceptors (Lipinski definition) is 2. The number of hydrogen-bond donors (Lipinski definition) is 2. The van der Waals surface area contributed by atoms with Crippen LogP contribution >= 0.6 is 0 Å². The highest BCUT2D eigenvalue weighted by atomic mass is 19.1. The summed E-state index contributed by atoms with van der Waals surface area (Å²) in [6, 6.07) is 13.7. The number of nitrogens with zero attached hydrogens (tertiary/aromatic N) is 1. The number of amides is 2. The Morgan fingerprint density at radius 2 is 1.65 bits per heavy atom. The van der Waals surface area contributed by atoms with Gasteiger partial charge in [0.25, 0.3) is 0 Å². The van der Waals surface area contributed by atoms with Crippen LogP contribution in [-0.4, -0.2) is 19.1 Å². The van der Waals surface area contributed by atoms with E-state index in [-0.39, 0.29) is 11.8 Å². The number of anilines is 2. The first-order valence-electron chi connectivity index (χ1n) is 7.85. The van der Waals surface area contributed by atoms with Gasteiger partial charge in [0.15, 0.2) is 0 Å². The molecule has 4 nitrogen and oxygen atoms in total. The van der Waals surface area contributed by atoms with Crippen LogP contribution in [0.4, 0.5) is 20.6 Å². The zero-order valence-corrected chi connectivity index (χ0v) is 12.9. The third-order valence-corrected chi connectivity index (χ3v) is 3.96. The van der Waals surface area contributed by atoms with E-state index in [1.165, 1.54) is 30.7 Å². The van der Waals surface area contributed by atoms with Crippen molar-refractivity contribution < 1.29 is 9.18 Å². The second-order valence-corrected chi connectivity index (χ2v) is 5.68. The van der Waals surface area contributed by atoms with Gasteiger partial charge in [0.05, 0.1) is 0 Å². The molecule has 0 aromatic heterocycles. The van der Waals surface area contributed by atoms with E-state index in [2.05, 4.69) is 15.5 Å². The maximum Gasteiger partial charge on any atom is 0.319 e. The van der Waals surface area contributed by atoms with Crippen molar-refractivity contribution in [2.24, 2.45) is 0 Å². The van der Waals surface area contributed by atoms with Crippen molar-refractivity contribution in [3.8, 4) is 0 Å². The van der Waals surface area contributed by atoms with Crippen molar-refractivity contribution in [2.45, 2.75) is 19.4 Å². The SMILES string of the molecule is O=C(NCc1ccc(F)cc1)Nc1ccc(N2CCCC2)cc1. The van der Waals surface area contributed by atoms with Crippen LogP contribution in [0, 0.1) is 5.82 Å². The van der Waals surface area contributed by atoms with Crippen LogP contribution in [0.2, 0.25) is 0 Å². The molecule has 2 aromatic carbocycles. The van der Waals surface area contributed by atoms with Gasteiger partial charge in [0.1, 0.15) is 5.82 Å². The number of rotatable bonds is 4. The van der Waals surface area contributed by atoms with Crippen molar-refractivity contribution in [2.75, 3.05) is 23.3 Å². The highest BCUT2D eigenvalue weighted by molar-refractivity contribution is 5.89. The molecular weight excluding hydrogens is 293 g/mol. The molecule has 1 aliphatic heterocycles. The summed E-state index contributed by atoms with van der Waals surface area (Å²) in [5.74, 6) is -0.281. The van der Waals surface area contributed by atoms with Crippen LogP contribution in [0.5, 0.6) is 0 Å². The smallest absolute Gasteiger partial charge is 0.319 e. The molecule has 0 spiro atoms. The molecule has 0 bridgehead atoms. The molecule has 5 heteroatoms. The second-order valence-electron chi connectivity index (χ2n) is 5.68. The van der Waals surface area contributed by atoms with Crippen molar-refractivity contribution >= 4 is 17.4 Å². The molecule has 2 N–H and O–H groups in total. The van der Waals surface area contributed by atoms with Crippen molar-refractivity contribution in [3.05, 3.63) is 59.9 Å². The quantitative estimate of drug-likeness (QED) is 0.903. The monoisotopic (exact) mass is 313 g/mol. The first kappa shape index (κ1) is 15.3. The van der Waals surface area contributed by atoms with Gasteiger partial charge < -0.3 is 15.5 Å². The van der Waals surface area contributed by atoms with Gasteiger partial charge in [0.2, 0.25) is 0 Å².